The third-order valence-corrected chi connectivity index (χ3v) is 2.91. The third kappa shape index (κ3) is 8.41. The summed E-state index contributed by atoms with van der Waals surface area (Å²) in [7, 11) is -3.27. The number of amides is 2. The highest BCUT2D eigenvalue weighted by molar-refractivity contribution is 7.90. The van der Waals surface area contributed by atoms with Crippen LogP contribution in [0, 0.1) is 12.3 Å². The van der Waals surface area contributed by atoms with Crippen molar-refractivity contribution in [3.05, 3.63) is 0 Å². The Balaban J connectivity index is 4.24. The molecule has 0 fully saturated rings. The standard InChI is InChI=1S/C10H16N2O5S/c1-3-4-6-11-10(15)12-8(9(13)14)5-7-18(2,16)17/h1,8H,4-7H2,2H3,(H,13,14)(H2,11,12,15). The molecule has 2 amide bonds. The van der Waals surface area contributed by atoms with Gasteiger partial charge in [-0.25, -0.2) is 18.0 Å². The summed E-state index contributed by atoms with van der Waals surface area (Å²) in [5.74, 6) is 0.709. The molecule has 0 aromatic carbocycles. The van der Waals surface area contributed by atoms with Gasteiger partial charge in [0, 0.05) is 19.2 Å². The zero-order chi connectivity index (χ0) is 14.2. The van der Waals surface area contributed by atoms with E-state index in [0.717, 1.165) is 6.26 Å². The van der Waals surface area contributed by atoms with Crippen molar-refractivity contribution in [2.24, 2.45) is 0 Å². The SMILES string of the molecule is C#CCCNC(=O)NC(CCS(C)(=O)=O)C(=O)O. The van der Waals surface area contributed by atoms with Crippen molar-refractivity contribution in [2.75, 3.05) is 18.6 Å². The number of carboxylic acids is 1. The van der Waals surface area contributed by atoms with E-state index >= 15 is 0 Å². The summed E-state index contributed by atoms with van der Waals surface area (Å²) in [4.78, 5) is 22.1. The average Bonchev–Trinajstić information content (AvgIpc) is 2.22. The minimum Gasteiger partial charge on any atom is -0.480 e. The molecule has 0 aliphatic heterocycles. The number of urea groups is 1. The second-order valence-corrected chi connectivity index (χ2v) is 5.92. The van der Waals surface area contributed by atoms with Crippen LogP contribution in [-0.2, 0) is 14.6 Å². The number of rotatable bonds is 7. The molecule has 0 saturated heterocycles. The summed E-state index contributed by atoms with van der Waals surface area (Å²) in [6.45, 7) is 0.223. The number of nitrogens with one attached hydrogen (secondary N) is 2. The minimum atomic E-state index is -3.27. The fraction of sp³-hybridized carbons (Fsp3) is 0.600. The highest BCUT2D eigenvalue weighted by Gasteiger charge is 2.21. The zero-order valence-corrected chi connectivity index (χ0v) is 10.8. The van der Waals surface area contributed by atoms with Gasteiger partial charge in [-0.3, -0.25) is 0 Å². The van der Waals surface area contributed by atoms with E-state index in [1.165, 1.54) is 0 Å². The molecule has 0 rings (SSSR count). The van der Waals surface area contributed by atoms with Crippen LogP contribution < -0.4 is 10.6 Å². The van der Waals surface area contributed by atoms with Crippen molar-refractivity contribution in [2.45, 2.75) is 18.9 Å². The Kier molecular flexibility index (Phi) is 6.82. The highest BCUT2D eigenvalue weighted by atomic mass is 32.2. The first-order chi connectivity index (χ1) is 8.26. The molecule has 0 heterocycles. The predicted octanol–water partition coefficient (Wildman–Crippen LogP) is -0.803. The van der Waals surface area contributed by atoms with Gasteiger partial charge in [-0.1, -0.05) is 0 Å². The van der Waals surface area contributed by atoms with E-state index < -0.39 is 27.9 Å². The number of aliphatic carboxylic acids is 1. The first kappa shape index (κ1) is 16.2. The fourth-order valence-corrected chi connectivity index (χ4v) is 1.71. The summed E-state index contributed by atoms with van der Waals surface area (Å²) < 4.78 is 21.8. The Morgan fingerprint density at radius 1 is 1.44 bits per heavy atom. The van der Waals surface area contributed by atoms with E-state index in [1.807, 2.05) is 0 Å². The normalized spacial score (nSPS) is 12.2. The van der Waals surface area contributed by atoms with Crippen LogP contribution in [0.2, 0.25) is 0 Å². The van der Waals surface area contributed by atoms with Crippen LogP contribution in [0.1, 0.15) is 12.8 Å². The van der Waals surface area contributed by atoms with Crippen molar-refractivity contribution < 1.29 is 23.1 Å². The van der Waals surface area contributed by atoms with E-state index in [2.05, 4.69) is 16.6 Å². The van der Waals surface area contributed by atoms with E-state index in [0.29, 0.717) is 6.42 Å². The Hall–Kier alpha value is -1.75. The van der Waals surface area contributed by atoms with E-state index in [-0.39, 0.29) is 18.7 Å². The lowest BCUT2D eigenvalue weighted by Crippen LogP contribution is -2.46. The maximum atomic E-state index is 11.3. The van der Waals surface area contributed by atoms with E-state index in [4.69, 9.17) is 11.5 Å². The second kappa shape index (κ2) is 7.55. The van der Waals surface area contributed by atoms with E-state index in [9.17, 15) is 18.0 Å². The molecule has 0 aliphatic carbocycles. The molecule has 0 spiro atoms. The minimum absolute atomic E-state index is 0.184. The molecule has 1 atom stereocenters. The van der Waals surface area contributed by atoms with Crippen LogP contribution in [0.4, 0.5) is 4.79 Å². The molecule has 3 N–H and O–H groups in total. The molecule has 18 heavy (non-hydrogen) atoms. The molecule has 1 unspecified atom stereocenters. The number of terminal acetylenes is 1. The molecule has 0 aromatic heterocycles. The summed E-state index contributed by atoms with van der Waals surface area (Å²) >= 11 is 0. The van der Waals surface area contributed by atoms with Gasteiger partial charge in [0.15, 0.2) is 0 Å². The molecule has 0 radical (unpaired) electrons. The third-order valence-electron chi connectivity index (χ3n) is 1.94. The van der Waals surface area contributed by atoms with Crippen molar-refractivity contribution in [3.8, 4) is 12.3 Å². The first-order valence-electron chi connectivity index (χ1n) is 5.14. The Morgan fingerprint density at radius 2 is 2.06 bits per heavy atom. The topological polar surface area (TPSA) is 113 Å². The van der Waals surface area contributed by atoms with Gasteiger partial charge in [-0.2, -0.15) is 0 Å². The van der Waals surface area contributed by atoms with Crippen molar-refractivity contribution in [1.29, 1.82) is 0 Å². The average molecular weight is 276 g/mol. The summed E-state index contributed by atoms with van der Waals surface area (Å²) in [6, 6.07) is -1.93. The van der Waals surface area contributed by atoms with Crippen LogP contribution in [0.25, 0.3) is 0 Å². The summed E-state index contributed by atoms with van der Waals surface area (Å²) in [5.41, 5.74) is 0. The maximum absolute atomic E-state index is 11.3. The van der Waals surface area contributed by atoms with Crippen molar-refractivity contribution in [3.63, 3.8) is 0 Å². The van der Waals surface area contributed by atoms with Gasteiger partial charge in [0.1, 0.15) is 15.9 Å². The van der Waals surface area contributed by atoms with Crippen molar-refractivity contribution in [1.82, 2.24) is 10.6 Å². The number of sulfone groups is 1. The van der Waals surface area contributed by atoms with Crippen LogP contribution in [-0.4, -0.2) is 50.1 Å². The molecule has 0 saturated carbocycles. The van der Waals surface area contributed by atoms with Crippen LogP contribution in [0.3, 0.4) is 0 Å². The molecule has 8 heteroatoms. The lowest BCUT2D eigenvalue weighted by Gasteiger charge is -2.14. The fourth-order valence-electron chi connectivity index (χ4n) is 1.05. The predicted molar refractivity (Wildman–Crippen MR) is 65.7 cm³/mol. The zero-order valence-electron chi connectivity index (χ0n) is 9.97. The monoisotopic (exact) mass is 276 g/mol. The van der Waals surface area contributed by atoms with Gasteiger partial charge in [0.2, 0.25) is 0 Å². The maximum Gasteiger partial charge on any atom is 0.326 e. The molecule has 0 aromatic rings. The Morgan fingerprint density at radius 3 is 2.50 bits per heavy atom. The van der Waals surface area contributed by atoms with Gasteiger partial charge in [-0.05, 0) is 6.42 Å². The smallest absolute Gasteiger partial charge is 0.326 e. The van der Waals surface area contributed by atoms with Gasteiger partial charge >= 0.3 is 12.0 Å². The first-order valence-corrected chi connectivity index (χ1v) is 7.20. The van der Waals surface area contributed by atoms with Crippen molar-refractivity contribution >= 4 is 21.8 Å². The molecular formula is C10H16N2O5S. The number of hydrogen-bond acceptors (Lipinski definition) is 4. The quantitative estimate of drug-likeness (QED) is 0.416. The lowest BCUT2D eigenvalue weighted by atomic mass is 10.2. The summed E-state index contributed by atoms with van der Waals surface area (Å²) in [5, 5.41) is 13.3. The largest absolute Gasteiger partial charge is 0.480 e. The molecule has 7 nitrogen and oxygen atoms in total. The second-order valence-electron chi connectivity index (χ2n) is 3.66. The number of carbonyl (C=O) groups is 2. The van der Waals surface area contributed by atoms with Gasteiger partial charge < -0.3 is 15.7 Å². The van der Waals surface area contributed by atoms with Crippen LogP contribution in [0.15, 0.2) is 0 Å². The van der Waals surface area contributed by atoms with Gasteiger partial charge in [-0.15, -0.1) is 12.3 Å². The van der Waals surface area contributed by atoms with Crippen LogP contribution in [0.5, 0.6) is 0 Å². The van der Waals surface area contributed by atoms with E-state index in [1.54, 1.807) is 0 Å². The Bertz CT molecular complexity index is 438. The number of hydrogen-bond donors (Lipinski definition) is 3. The van der Waals surface area contributed by atoms with Gasteiger partial charge in [0.25, 0.3) is 0 Å². The summed E-state index contributed by atoms with van der Waals surface area (Å²) in [6.07, 6.45) is 6.12. The number of carbonyl (C=O) groups excluding carboxylic acids is 1. The molecule has 102 valence electrons. The number of carboxylic acid groups (broad SMARTS) is 1. The Labute approximate surface area is 106 Å². The highest BCUT2D eigenvalue weighted by Crippen LogP contribution is 1.97. The molecule has 0 bridgehead atoms. The molecule has 0 aliphatic rings. The van der Waals surface area contributed by atoms with Crippen LogP contribution >= 0.6 is 0 Å². The lowest BCUT2D eigenvalue weighted by molar-refractivity contribution is -0.139. The van der Waals surface area contributed by atoms with Gasteiger partial charge in [0.05, 0.1) is 5.75 Å². The molecular weight excluding hydrogens is 260 g/mol.